The number of aliphatic hydroxyl groups is 3. The number of rotatable bonds is 10. The molecule has 5 nitrogen and oxygen atoms in total. The highest BCUT2D eigenvalue weighted by Gasteiger charge is 2.11. The summed E-state index contributed by atoms with van der Waals surface area (Å²) in [5, 5.41) is 28.3. The number of aliphatic hydroxyl groups excluding tert-OH is 3. The molecule has 114 valence electrons. The lowest BCUT2D eigenvalue weighted by Gasteiger charge is -2.23. The molecular formula is C14H22ClNO4. The quantitative estimate of drug-likeness (QED) is 0.587. The van der Waals surface area contributed by atoms with E-state index in [1.54, 1.807) is 17.0 Å². The molecule has 0 bridgehead atoms. The maximum Gasteiger partial charge on any atom is 0.0900 e. The van der Waals surface area contributed by atoms with Gasteiger partial charge in [-0.25, -0.2) is 0 Å². The van der Waals surface area contributed by atoms with Gasteiger partial charge in [-0.3, -0.25) is 4.90 Å². The van der Waals surface area contributed by atoms with Gasteiger partial charge in [0.2, 0.25) is 0 Å². The van der Waals surface area contributed by atoms with Crippen LogP contribution in [0.1, 0.15) is 5.56 Å². The second kappa shape index (κ2) is 10.1. The van der Waals surface area contributed by atoms with Gasteiger partial charge >= 0.3 is 0 Å². The minimum Gasteiger partial charge on any atom is -0.395 e. The van der Waals surface area contributed by atoms with Gasteiger partial charge in [0.1, 0.15) is 0 Å². The van der Waals surface area contributed by atoms with Gasteiger partial charge in [0.15, 0.2) is 0 Å². The Labute approximate surface area is 124 Å². The van der Waals surface area contributed by atoms with Crippen LogP contribution in [-0.2, 0) is 11.3 Å². The minimum atomic E-state index is -0.652. The van der Waals surface area contributed by atoms with E-state index in [-0.39, 0.29) is 19.8 Å². The van der Waals surface area contributed by atoms with Gasteiger partial charge < -0.3 is 20.1 Å². The van der Waals surface area contributed by atoms with E-state index < -0.39 is 6.10 Å². The lowest BCUT2D eigenvalue weighted by atomic mass is 10.2. The van der Waals surface area contributed by atoms with Gasteiger partial charge in [0, 0.05) is 24.7 Å². The zero-order valence-corrected chi connectivity index (χ0v) is 12.2. The molecule has 6 heteroatoms. The molecule has 0 aliphatic rings. The lowest BCUT2D eigenvalue weighted by molar-refractivity contribution is 0.00524. The second-order valence-electron chi connectivity index (χ2n) is 4.54. The van der Waals surface area contributed by atoms with Crippen LogP contribution in [0.4, 0.5) is 0 Å². The van der Waals surface area contributed by atoms with Crippen LogP contribution in [0.3, 0.4) is 0 Å². The Kier molecular flexibility index (Phi) is 8.77. The summed E-state index contributed by atoms with van der Waals surface area (Å²) in [6.07, 6.45) is -0.652. The molecule has 0 heterocycles. The molecule has 0 aromatic heterocycles. The number of benzene rings is 1. The van der Waals surface area contributed by atoms with Crippen molar-refractivity contribution in [3.05, 3.63) is 34.9 Å². The molecule has 20 heavy (non-hydrogen) atoms. The maximum atomic E-state index is 9.84. The van der Waals surface area contributed by atoms with Gasteiger partial charge in [-0.05, 0) is 17.7 Å². The Hall–Kier alpha value is -0.690. The van der Waals surface area contributed by atoms with E-state index in [1.807, 2.05) is 12.1 Å². The van der Waals surface area contributed by atoms with Crippen molar-refractivity contribution in [1.29, 1.82) is 0 Å². The molecule has 0 aliphatic carbocycles. The predicted molar refractivity (Wildman–Crippen MR) is 77.7 cm³/mol. The molecule has 1 aromatic carbocycles. The number of ether oxygens (including phenoxy) is 1. The van der Waals surface area contributed by atoms with Crippen molar-refractivity contribution in [3.63, 3.8) is 0 Å². The van der Waals surface area contributed by atoms with Crippen molar-refractivity contribution in [2.24, 2.45) is 0 Å². The summed E-state index contributed by atoms with van der Waals surface area (Å²) < 4.78 is 5.43. The summed E-state index contributed by atoms with van der Waals surface area (Å²) in [5.74, 6) is 0. The molecular weight excluding hydrogens is 282 g/mol. The molecule has 0 spiro atoms. The third-order valence-electron chi connectivity index (χ3n) is 2.79. The number of nitrogens with zero attached hydrogens (tertiary/aromatic N) is 1. The van der Waals surface area contributed by atoms with Gasteiger partial charge in [0.25, 0.3) is 0 Å². The van der Waals surface area contributed by atoms with E-state index in [0.717, 1.165) is 5.56 Å². The smallest absolute Gasteiger partial charge is 0.0900 e. The van der Waals surface area contributed by atoms with E-state index in [4.69, 9.17) is 26.6 Å². The highest BCUT2D eigenvalue weighted by atomic mass is 35.5. The highest BCUT2D eigenvalue weighted by Crippen LogP contribution is 2.10. The van der Waals surface area contributed by atoms with Crippen LogP contribution in [0.2, 0.25) is 5.02 Å². The van der Waals surface area contributed by atoms with Crippen LogP contribution < -0.4 is 0 Å². The Bertz CT molecular complexity index is 355. The first-order valence-electron chi connectivity index (χ1n) is 6.60. The molecule has 3 N–H and O–H groups in total. The summed E-state index contributed by atoms with van der Waals surface area (Å²) >= 11 is 5.79. The molecule has 0 saturated carbocycles. The standard InChI is InChI=1S/C14H22ClNO4/c15-13-3-1-12(2-4-13)10-20-11-14(19)9-16(5-7-17)6-8-18/h1-4,14,17-19H,5-11H2. The van der Waals surface area contributed by atoms with Crippen molar-refractivity contribution in [2.45, 2.75) is 12.7 Å². The normalized spacial score (nSPS) is 12.8. The first kappa shape index (κ1) is 17.4. The SMILES string of the molecule is OCCN(CCO)CC(O)COCc1ccc(Cl)cc1. The monoisotopic (exact) mass is 303 g/mol. The summed E-state index contributed by atoms with van der Waals surface area (Å²) in [4.78, 5) is 1.79. The van der Waals surface area contributed by atoms with Crippen LogP contribution >= 0.6 is 11.6 Å². The molecule has 1 atom stereocenters. The molecule has 0 aliphatic heterocycles. The molecule has 0 amide bonds. The zero-order valence-electron chi connectivity index (χ0n) is 11.4. The van der Waals surface area contributed by atoms with Crippen molar-refractivity contribution in [2.75, 3.05) is 39.5 Å². The van der Waals surface area contributed by atoms with Crippen molar-refractivity contribution in [1.82, 2.24) is 4.90 Å². The molecule has 1 unspecified atom stereocenters. The Balaban J connectivity index is 2.24. The van der Waals surface area contributed by atoms with Gasteiger partial charge in [0.05, 0.1) is 32.5 Å². The average Bonchev–Trinajstić information content (AvgIpc) is 2.41. The minimum absolute atomic E-state index is 0.00164. The molecule has 0 saturated heterocycles. The fourth-order valence-electron chi connectivity index (χ4n) is 1.82. The van der Waals surface area contributed by atoms with Crippen molar-refractivity contribution in [3.8, 4) is 0 Å². The molecule has 1 aromatic rings. The second-order valence-corrected chi connectivity index (χ2v) is 4.98. The number of halogens is 1. The Morgan fingerprint density at radius 3 is 2.25 bits per heavy atom. The molecule has 1 rings (SSSR count). The topological polar surface area (TPSA) is 73.2 Å². The van der Waals surface area contributed by atoms with Crippen molar-refractivity contribution >= 4 is 11.6 Å². The first-order valence-corrected chi connectivity index (χ1v) is 6.98. The average molecular weight is 304 g/mol. The third kappa shape index (κ3) is 7.19. The maximum absolute atomic E-state index is 9.84. The zero-order chi connectivity index (χ0) is 14.8. The third-order valence-corrected chi connectivity index (χ3v) is 3.05. The van der Waals surface area contributed by atoms with E-state index in [2.05, 4.69) is 0 Å². The molecule has 0 radical (unpaired) electrons. The van der Waals surface area contributed by atoms with Gasteiger partial charge in [-0.1, -0.05) is 23.7 Å². The van der Waals surface area contributed by atoms with Gasteiger partial charge in [-0.2, -0.15) is 0 Å². The molecule has 0 fully saturated rings. The summed E-state index contributed by atoms with van der Waals surface area (Å²) in [5.41, 5.74) is 0.990. The summed E-state index contributed by atoms with van der Waals surface area (Å²) in [6, 6.07) is 7.33. The largest absolute Gasteiger partial charge is 0.395 e. The fraction of sp³-hybridized carbons (Fsp3) is 0.571. The van der Waals surface area contributed by atoms with Crippen LogP contribution in [0.25, 0.3) is 0 Å². The lowest BCUT2D eigenvalue weighted by Crippen LogP contribution is -2.38. The highest BCUT2D eigenvalue weighted by molar-refractivity contribution is 6.30. The van der Waals surface area contributed by atoms with Crippen LogP contribution in [0.15, 0.2) is 24.3 Å². The number of hydrogen-bond donors (Lipinski definition) is 3. The number of hydrogen-bond acceptors (Lipinski definition) is 5. The Morgan fingerprint density at radius 1 is 1.10 bits per heavy atom. The van der Waals surface area contributed by atoms with E-state index >= 15 is 0 Å². The summed E-state index contributed by atoms with van der Waals surface area (Å²) in [6.45, 7) is 1.83. The van der Waals surface area contributed by atoms with Gasteiger partial charge in [-0.15, -0.1) is 0 Å². The summed E-state index contributed by atoms with van der Waals surface area (Å²) in [7, 11) is 0. The van der Waals surface area contributed by atoms with Crippen molar-refractivity contribution < 1.29 is 20.1 Å². The fourth-order valence-corrected chi connectivity index (χ4v) is 1.95. The van der Waals surface area contributed by atoms with E-state index in [0.29, 0.717) is 31.3 Å². The van der Waals surface area contributed by atoms with Crippen LogP contribution in [0.5, 0.6) is 0 Å². The van der Waals surface area contributed by atoms with E-state index in [1.165, 1.54) is 0 Å². The van der Waals surface area contributed by atoms with Crippen LogP contribution in [-0.4, -0.2) is 65.8 Å². The Morgan fingerprint density at radius 2 is 1.70 bits per heavy atom. The van der Waals surface area contributed by atoms with Crippen LogP contribution in [0, 0.1) is 0 Å². The first-order chi connectivity index (χ1) is 9.65. The predicted octanol–water partition coefficient (Wildman–Crippen LogP) is 0.504. The van der Waals surface area contributed by atoms with E-state index in [9.17, 15) is 5.11 Å².